The van der Waals surface area contributed by atoms with Crippen molar-refractivity contribution in [2.75, 3.05) is 33.4 Å². The summed E-state index contributed by atoms with van der Waals surface area (Å²) in [4.78, 5) is 16.5. The summed E-state index contributed by atoms with van der Waals surface area (Å²) in [6.07, 6.45) is 3.94. The fourth-order valence-corrected chi connectivity index (χ4v) is 3.70. The van der Waals surface area contributed by atoms with Crippen LogP contribution in [-0.2, 0) is 9.53 Å². The van der Waals surface area contributed by atoms with Crippen LogP contribution in [0.4, 0.5) is 4.39 Å². The minimum Gasteiger partial charge on any atom is -0.383 e. The molecule has 3 fully saturated rings. The smallest absolute Gasteiger partial charge is 0.260 e. The van der Waals surface area contributed by atoms with E-state index in [4.69, 9.17) is 4.74 Å². The molecule has 2 atom stereocenters. The Morgan fingerprint density at radius 1 is 1.32 bits per heavy atom. The second kappa shape index (κ2) is 5.02. The largest absolute Gasteiger partial charge is 0.383 e. The molecule has 2 unspecified atom stereocenters. The Kier molecular flexibility index (Phi) is 3.52. The number of piperazine rings is 1. The highest BCUT2D eigenvalue weighted by Gasteiger charge is 2.50. The highest BCUT2D eigenvalue weighted by molar-refractivity contribution is 5.86. The lowest BCUT2D eigenvalue weighted by Crippen LogP contribution is -2.60. The van der Waals surface area contributed by atoms with E-state index in [1.165, 1.54) is 0 Å². The second-order valence-corrected chi connectivity index (χ2v) is 6.14. The summed E-state index contributed by atoms with van der Waals surface area (Å²) in [5.41, 5.74) is -1.53. The summed E-state index contributed by atoms with van der Waals surface area (Å²) in [5, 5.41) is 0. The third kappa shape index (κ3) is 2.27. The van der Waals surface area contributed by atoms with Crippen molar-refractivity contribution in [3.05, 3.63) is 0 Å². The lowest BCUT2D eigenvalue weighted by atomic mass is 9.80. The van der Waals surface area contributed by atoms with Crippen LogP contribution in [-0.4, -0.2) is 66.8 Å². The fraction of sp³-hybridized carbons (Fsp3) is 0.929. The third-order valence-corrected chi connectivity index (χ3v) is 5.00. The molecule has 1 amide bonds. The fourth-order valence-electron chi connectivity index (χ4n) is 3.70. The first-order valence-corrected chi connectivity index (χ1v) is 7.37. The van der Waals surface area contributed by atoms with Gasteiger partial charge in [-0.15, -0.1) is 0 Å². The molecule has 1 saturated carbocycles. The minimum atomic E-state index is -1.53. The summed E-state index contributed by atoms with van der Waals surface area (Å²) in [5.74, 6) is -0.248. The van der Waals surface area contributed by atoms with Crippen molar-refractivity contribution in [2.24, 2.45) is 0 Å². The SMILES string of the molecule is COCCN1C2CCC1CN(C(=O)C1(F)CCC1)C2. The quantitative estimate of drug-likeness (QED) is 0.769. The van der Waals surface area contributed by atoms with Gasteiger partial charge in [0.05, 0.1) is 6.61 Å². The van der Waals surface area contributed by atoms with E-state index in [0.29, 0.717) is 38.0 Å². The number of hydrogen-bond acceptors (Lipinski definition) is 3. The van der Waals surface area contributed by atoms with Crippen molar-refractivity contribution >= 4 is 5.91 Å². The Balaban J connectivity index is 1.62. The molecule has 19 heavy (non-hydrogen) atoms. The molecule has 2 heterocycles. The van der Waals surface area contributed by atoms with Gasteiger partial charge in [0, 0.05) is 38.8 Å². The average Bonchev–Trinajstić information content (AvgIpc) is 2.61. The van der Waals surface area contributed by atoms with E-state index in [-0.39, 0.29) is 5.91 Å². The number of likely N-dealkylation sites (tertiary alicyclic amines) is 1. The van der Waals surface area contributed by atoms with Crippen LogP contribution >= 0.6 is 0 Å². The molecule has 0 radical (unpaired) electrons. The molecular weight excluding hydrogens is 247 g/mol. The van der Waals surface area contributed by atoms with E-state index in [1.54, 1.807) is 12.0 Å². The van der Waals surface area contributed by atoms with E-state index in [0.717, 1.165) is 32.4 Å². The van der Waals surface area contributed by atoms with Gasteiger partial charge in [-0.2, -0.15) is 0 Å². The van der Waals surface area contributed by atoms with Crippen LogP contribution in [0.15, 0.2) is 0 Å². The average molecular weight is 270 g/mol. The zero-order valence-electron chi connectivity index (χ0n) is 11.6. The molecule has 0 N–H and O–H groups in total. The highest BCUT2D eigenvalue weighted by Crippen LogP contribution is 2.39. The second-order valence-electron chi connectivity index (χ2n) is 6.14. The topological polar surface area (TPSA) is 32.8 Å². The van der Waals surface area contributed by atoms with Crippen molar-refractivity contribution in [1.29, 1.82) is 0 Å². The first-order valence-electron chi connectivity index (χ1n) is 7.37. The molecule has 3 aliphatic rings. The first kappa shape index (κ1) is 13.3. The monoisotopic (exact) mass is 270 g/mol. The van der Waals surface area contributed by atoms with Gasteiger partial charge in [-0.25, -0.2) is 4.39 Å². The van der Waals surface area contributed by atoms with E-state index in [1.807, 2.05) is 0 Å². The van der Waals surface area contributed by atoms with Gasteiger partial charge in [0.15, 0.2) is 5.67 Å². The van der Waals surface area contributed by atoms with Gasteiger partial charge in [-0.05, 0) is 32.1 Å². The number of carbonyl (C=O) groups is 1. The number of ether oxygens (including phenoxy) is 1. The third-order valence-electron chi connectivity index (χ3n) is 5.00. The summed E-state index contributed by atoms with van der Waals surface area (Å²) < 4.78 is 19.4. The van der Waals surface area contributed by atoms with Crippen molar-refractivity contribution in [3.63, 3.8) is 0 Å². The Labute approximate surface area is 113 Å². The number of carbonyl (C=O) groups excluding carboxylic acids is 1. The Hall–Kier alpha value is -0.680. The van der Waals surface area contributed by atoms with E-state index in [9.17, 15) is 9.18 Å². The van der Waals surface area contributed by atoms with Crippen molar-refractivity contribution < 1.29 is 13.9 Å². The maximum absolute atomic E-state index is 14.2. The molecule has 0 aromatic carbocycles. The van der Waals surface area contributed by atoms with Gasteiger partial charge in [-0.1, -0.05) is 0 Å². The maximum Gasteiger partial charge on any atom is 0.260 e. The number of methoxy groups -OCH3 is 1. The molecule has 4 nitrogen and oxygen atoms in total. The van der Waals surface area contributed by atoms with Crippen LogP contribution in [0.1, 0.15) is 32.1 Å². The zero-order chi connectivity index (χ0) is 13.5. The Morgan fingerprint density at radius 2 is 1.95 bits per heavy atom. The number of fused-ring (bicyclic) bond motifs is 2. The molecular formula is C14H23FN2O2. The molecule has 0 spiro atoms. The predicted molar refractivity (Wildman–Crippen MR) is 69.7 cm³/mol. The van der Waals surface area contributed by atoms with E-state index >= 15 is 0 Å². The minimum absolute atomic E-state index is 0.248. The van der Waals surface area contributed by atoms with Crippen LogP contribution in [0.3, 0.4) is 0 Å². The van der Waals surface area contributed by atoms with E-state index < -0.39 is 5.67 Å². The molecule has 108 valence electrons. The Bertz CT molecular complexity index is 345. The van der Waals surface area contributed by atoms with E-state index in [2.05, 4.69) is 4.90 Å². The van der Waals surface area contributed by atoms with Crippen LogP contribution < -0.4 is 0 Å². The van der Waals surface area contributed by atoms with Crippen molar-refractivity contribution in [2.45, 2.75) is 49.9 Å². The number of rotatable bonds is 4. The number of nitrogens with zero attached hydrogens (tertiary/aromatic N) is 2. The number of hydrogen-bond donors (Lipinski definition) is 0. The molecule has 5 heteroatoms. The van der Waals surface area contributed by atoms with Gasteiger partial charge in [0.25, 0.3) is 5.91 Å². The standard InChI is InChI=1S/C14H23FN2O2/c1-19-8-7-17-11-3-4-12(17)10-16(9-11)13(18)14(15)5-2-6-14/h11-12H,2-10H2,1H3. The van der Waals surface area contributed by atoms with Crippen molar-refractivity contribution in [1.82, 2.24) is 9.80 Å². The summed E-state index contributed by atoms with van der Waals surface area (Å²) >= 11 is 0. The zero-order valence-corrected chi connectivity index (χ0v) is 11.6. The summed E-state index contributed by atoms with van der Waals surface area (Å²) in [7, 11) is 1.71. The van der Waals surface area contributed by atoms with Gasteiger partial charge in [0.1, 0.15) is 0 Å². The molecule has 0 aromatic heterocycles. The normalized spacial score (nSPS) is 33.3. The van der Waals surface area contributed by atoms with Crippen molar-refractivity contribution in [3.8, 4) is 0 Å². The van der Waals surface area contributed by atoms with Gasteiger partial charge >= 0.3 is 0 Å². The summed E-state index contributed by atoms with van der Waals surface area (Å²) in [6.45, 7) is 3.05. The highest BCUT2D eigenvalue weighted by atomic mass is 19.1. The molecule has 0 aromatic rings. The predicted octanol–water partition coefficient (Wildman–Crippen LogP) is 1.20. The van der Waals surface area contributed by atoms with Crippen LogP contribution in [0, 0.1) is 0 Å². The number of halogens is 1. The lowest BCUT2D eigenvalue weighted by Gasteiger charge is -2.44. The van der Waals surface area contributed by atoms with Gasteiger partial charge in [0.2, 0.25) is 0 Å². The summed E-state index contributed by atoms with van der Waals surface area (Å²) in [6, 6.07) is 0.808. The first-order chi connectivity index (χ1) is 9.14. The van der Waals surface area contributed by atoms with Crippen LogP contribution in [0.5, 0.6) is 0 Å². The van der Waals surface area contributed by atoms with Crippen LogP contribution in [0.2, 0.25) is 0 Å². The molecule has 2 bridgehead atoms. The van der Waals surface area contributed by atoms with Crippen LogP contribution in [0.25, 0.3) is 0 Å². The molecule has 2 aliphatic heterocycles. The maximum atomic E-state index is 14.2. The molecule has 3 rings (SSSR count). The molecule has 1 aliphatic carbocycles. The number of alkyl halides is 1. The van der Waals surface area contributed by atoms with Gasteiger partial charge in [-0.3, -0.25) is 9.69 Å². The lowest BCUT2D eigenvalue weighted by molar-refractivity contribution is -0.153. The molecule has 2 saturated heterocycles. The van der Waals surface area contributed by atoms with Gasteiger partial charge < -0.3 is 9.64 Å². The Morgan fingerprint density at radius 3 is 2.42 bits per heavy atom. The number of amides is 1.